The van der Waals surface area contributed by atoms with Gasteiger partial charge in [0.1, 0.15) is 19.3 Å². The summed E-state index contributed by atoms with van der Waals surface area (Å²) >= 11 is 0. The molecule has 0 saturated heterocycles. The normalized spacial score (nSPS) is 14.6. The number of carbonyl (C=O) groups is 4. The molecule has 0 aliphatic carbocycles. The fourth-order valence-corrected chi connectivity index (χ4v) is 12.2. The molecule has 534 valence electrons. The minimum atomic E-state index is -4.95. The maximum Gasteiger partial charge on any atom is 0.472 e. The molecule has 0 aliphatic heterocycles. The van der Waals surface area contributed by atoms with E-state index in [1.54, 1.807) is 0 Å². The van der Waals surface area contributed by atoms with E-state index in [4.69, 9.17) is 37.0 Å². The fourth-order valence-electron chi connectivity index (χ4n) is 10.6. The molecule has 0 heterocycles. The molecule has 19 heteroatoms. The molecule has 0 aromatic heterocycles. The molecule has 0 fully saturated rings. The average molecular weight is 1330 g/mol. The van der Waals surface area contributed by atoms with Crippen molar-refractivity contribution in [1.29, 1.82) is 0 Å². The maximum absolute atomic E-state index is 13.0. The number of aliphatic hydroxyl groups excluding tert-OH is 1. The van der Waals surface area contributed by atoms with Crippen molar-refractivity contribution in [2.24, 2.45) is 23.7 Å². The lowest BCUT2D eigenvalue weighted by Crippen LogP contribution is -2.30. The highest BCUT2D eigenvalue weighted by atomic mass is 31.2. The van der Waals surface area contributed by atoms with Crippen LogP contribution in [0.15, 0.2) is 0 Å². The van der Waals surface area contributed by atoms with Crippen molar-refractivity contribution in [2.75, 3.05) is 39.6 Å². The molecule has 3 unspecified atom stereocenters. The second-order valence-corrected chi connectivity index (χ2v) is 30.2. The van der Waals surface area contributed by atoms with Crippen LogP contribution in [0.5, 0.6) is 0 Å². The molecule has 90 heavy (non-hydrogen) atoms. The number of phosphoric acid groups is 2. The van der Waals surface area contributed by atoms with E-state index in [-0.39, 0.29) is 25.7 Å². The molecule has 0 aromatic rings. The number of rotatable bonds is 68. The predicted octanol–water partition coefficient (Wildman–Crippen LogP) is 20.1. The van der Waals surface area contributed by atoms with Gasteiger partial charge in [-0.15, -0.1) is 0 Å². The average Bonchev–Trinajstić information content (AvgIpc) is 3.63. The van der Waals surface area contributed by atoms with Crippen LogP contribution in [-0.2, 0) is 65.4 Å². The van der Waals surface area contributed by atoms with E-state index in [0.29, 0.717) is 37.5 Å². The van der Waals surface area contributed by atoms with Gasteiger partial charge in [-0.05, 0) is 49.4 Å². The molecule has 6 atom stereocenters. The van der Waals surface area contributed by atoms with E-state index in [1.165, 1.54) is 148 Å². The minimum Gasteiger partial charge on any atom is -0.462 e. The molecule has 17 nitrogen and oxygen atoms in total. The van der Waals surface area contributed by atoms with E-state index in [1.807, 2.05) is 0 Å². The van der Waals surface area contributed by atoms with E-state index in [0.717, 1.165) is 108 Å². The first-order valence-corrected chi connectivity index (χ1v) is 39.7. The number of carbonyl (C=O) groups excluding carboxylic acids is 4. The van der Waals surface area contributed by atoms with Crippen LogP contribution < -0.4 is 0 Å². The molecule has 0 radical (unpaired) electrons. The summed E-state index contributed by atoms with van der Waals surface area (Å²) in [6, 6.07) is 0. The van der Waals surface area contributed by atoms with Crippen molar-refractivity contribution < 1.29 is 80.2 Å². The molecular weight excluding hydrogens is 1190 g/mol. The van der Waals surface area contributed by atoms with Crippen LogP contribution in [0.3, 0.4) is 0 Å². The van der Waals surface area contributed by atoms with Crippen LogP contribution in [0.1, 0.15) is 351 Å². The number of hydrogen-bond acceptors (Lipinski definition) is 15. The summed E-state index contributed by atoms with van der Waals surface area (Å²) in [5, 5.41) is 10.6. The Labute approximate surface area is 549 Å². The molecule has 0 bridgehead atoms. The molecular formula is C71H138O17P2. The third-order valence-corrected chi connectivity index (χ3v) is 18.6. The summed E-state index contributed by atoms with van der Waals surface area (Å²) in [5.74, 6) is 0.824. The summed E-state index contributed by atoms with van der Waals surface area (Å²) in [6.07, 6.45) is 43.4. The van der Waals surface area contributed by atoms with Gasteiger partial charge in [0.25, 0.3) is 0 Å². The molecule has 0 rings (SSSR count). The van der Waals surface area contributed by atoms with Gasteiger partial charge in [0.05, 0.1) is 26.4 Å². The zero-order valence-corrected chi connectivity index (χ0v) is 60.6. The van der Waals surface area contributed by atoms with E-state index in [2.05, 4.69) is 55.4 Å². The highest BCUT2D eigenvalue weighted by molar-refractivity contribution is 7.47. The van der Waals surface area contributed by atoms with Crippen molar-refractivity contribution in [3.8, 4) is 0 Å². The van der Waals surface area contributed by atoms with Crippen LogP contribution in [-0.4, -0.2) is 96.7 Å². The molecule has 0 amide bonds. The van der Waals surface area contributed by atoms with Gasteiger partial charge in [-0.3, -0.25) is 37.3 Å². The van der Waals surface area contributed by atoms with Crippen molar-refractivity contribution in [3.05, 3.63) is 0 Å². The summed E-state index contributed by atoms with van der Waals surface area (Å²) in [4.78, 5) is 72.5. The maximum atomic E-state index is 13.0. The third kappa shape index (κ3) is 63.5. The van der Waals surface area contributed by atoms with Gasteiger partial charge in [0.2, 0.25) is 0 Å². The van der Waals surface area contributed by atoms with Crippen LogP contribution in [0.4, 0.5) is 0 Å². The van der Waals surface area contributed by atoms with Crippen molar-refractivity contribution in [3.63, 3.8) is 0 Å². The van der Waals surface area contributed by atoms with Gasteiger partial charge < -0.3 is 33.8 Å². The number of ether oxygens (including phenoxy) is 4. The summed E-state index contributed by atoms with van der Waals surface area (Å²) in [5.41, 5.74) is 0. The Hall–Kier alpha value is -1.94. The first-order valence-electron chi connectivity index (χ1n) is 36.7. The van der Waals surface area contributed by atoms with E-state index in [9.17, 15) is 43.2 Å². The number of phosphoric ester groups is 2. The standard InChI is InChI=1S/C71H138O17P2/c1-9-64(8)50-42-34-24-20-17-18-22-26-37-45-53-70(75)87-66(57-81-68(73)51-43-35-25-21-16-14-12-10-11-13-15-19-23-31-39-47-61(2)3)59-85-89(77,78)83-55-65(72)56-84-90(79,80)86-60-67(88-71(76)54-46-38-30-28-33-41-49-63(6)7)58-82-69(74)52-44-36-29-27-32-40-48-62(4)5/h61-67,72H,9-60H2,1-8H3,(H,77,78)(H,79,80)/t64?,65-,66-,67-/m1/s1. The van der Waals surface area contributed by atoms with Gasteiger partial charge in [0.15, 0.2) is 12.2 Å². The molecule has 3 N–H and O–H groups in total. The zero-order chi connectivity index (χ0) is 66.8. The first kappa shape index (κ1) is 88.1. The molecule has 0 saturated carbocycles. The number of esters is 4. The smallest absolute Gasteiger partial charge is 0.462 e. The van der Waals surface area contributed by atoms with E-state index < -0.39 is 97.5 Å². The van der Waals surface area contributed by atoms with Gasteiger partial charge >= 0.3 is 39.5 Å². The highest BCUT2D eigenvalue weighted by Crippen LogP contribution is 2.45. The Bertz CT molecular complexity index is 1780. The SMILES string of the molecule is CCC(C)CCCCCCCCCCCCC(=O)O[C@H](COC(=O)CCCCCCCCCCCCCCCCCC(C)C)COP(=O)(O)OC[C@@H](O)COP(=O)(O)OC[C@@H](COC(=O)CCCCCCCCC(C)C)OC(=O)CCCCCCCCC(C)C. The Morgan fingerprint density at radius 1 is 0.311 bits per heavy atom. The molecule has 0 spiro atoms. The third-order valence-electron chi connectivity index (χ3n) is 16.7. The van der Waals surface area contributed by atoms with Crippen LogP contribution in [0.2, 0.25) is 0 Å². The van der Waals surface area contributed by atoms with Crippen LogP contribution >= 0.6 is 15.6 Å². The topological polar surface area (TPSA) is 237 Å². The highest BCUT2D eigenvalue weighted by Gasteiger charge is 2.30. The van der Waals surface area contributed by atoms with Gasteiger partial charge in [-0.25, -0.2) is 9.13 Å². The Morgan fingerprint density at radius 2 is 0.533 bits per heavy atom. The Balaban J connectivity index is 5.20. The zero-order valence-electron chi connectivity index (χ0n) is 58.8. The predicted molar refractivity (Wildman–Crippen MR) is 363 cm³/mol. The lowest BCUT2D eigenvalue weighted by molar-refractivity contribution is -0.161. The number of hydrogen-bond donors (Lipinski definition) is 3. The van der Waals surface area contributed by atoms with Gasteiger partial charge in [0, 0.05) is 25.7 Å². The number of aliphatic hydroxyl groups is 1. The summed E-state index contributed by atoms with van der Waals surface area (Å²) in [6.45, 7) is 14.0. The summed E-state index contributed by atoms with van der Waals surface area (Å²) in [7, 11) is -9.90. The summed E-state index contributed by atoms with van der Waals surface area (Å²) < 4.78 is 68.2. The molecule has 0 aromatic carbocycles. The molecule has 0 aliphatic rings. The van der Waals surface area contributed by atoms with Gasteiger partial charge in [-0.2, -0.15) is 0 Å². The van der Waals surface area contributed by atoms with E-state index >= 15 is 0 Å². The minimum absolute atomic E-state index is 0.101. The second-order valence-electron chi connectivity index (χ2n) is 27.3. The first-order chi connectivity index (χ1) is 43.1. The van der Waals surface area contributed by atoms with Crippen molar-refractivity contribution >= 4 is 39.5 Å². The van der Waals surface area contributed by atoms with Crippen molar-refractivity contribution in [2.45, 2.75) is 369 Å². The Kier molecular flexibility index (Phi) is 59.4. The largest absolute Gasteiger partial charge is 0.472 e. The quantitative estimate of drug-likeness (QED) is 0.0222. The van der Waals surface area contributed by atoms with Crippen LogP contribution in [0, 0.1) is 23.7 Å². The van der Waals surface area contributed by atoms with Gasteiger partial charge in [-0.1, -0.05) is 299 Å². The lowest BCUT2D eigenvalue weighted by atomic mass is 9.99. The van der Waals surface area contributed by atoms with Crippen LogP contribution in [0.25, 0.3) is 0 Å². The monoisotopic (exact) mass is 1320 g/mol. The second kappa shape index (κ2) is 60.7. The fraction of sp³-hybridized carbons (Fsp3) is 0.944. The lowest BCUT2D eigenvalue weighted by Gasteiger charge is -2.21. The Morgan fingerprint density at radius 3 is 0.789 bits per heavy atom. The number of unbranched alkanes of at least 4 members (excludes halogenated alkanes) is 33. The van der Waals surface area contributed by atoms with Crippen molar-refractivity contribution in [1.82, 2.24) is 0 Å².